The van der Waals surface area contributed by atoms with Crippen LogP contribution in [0.1, 0.15) is 24.0 Å². The van der Waals surface area contributed by atoms with Crippen LogP contribution in [0.5, 0.6) is 11.5 Å². The molecule has 1 saturated heterocycles. The van der Waals surface area contributed by atoms with E-state index in [1.807, 2.05) is 0 Å². The second-order valence-corrected chi connectivity index (χ2v) is 11.0. The molecule has 0 aliphatic carbocycles. The van der Waals surface area contributed by atoms with E-state index >= 15 is 0 Å². The quantitative estimate of drug-likeness (QED) is 0.376. The van der Waals surface area contributed by atoms with Gasteiger partial charge in [-0.1, -0.05) is 18.2 Å². The molecule has 3 aromatic carbocycles. The molecule has 0 aromatic heterocycles. The summed E-state index contributed by atoms with van der Waals surface area (Å²) >= 11 is 0. The molecule has 1 heterocycles. The molecule has 218 valence electrons. The Kier molecular flexibility index (Phi) is 8.76. The molecule has 1 N–H and O–H groups in total. The number of hydrogen-bond acceptors (Lipinski definition) is 6. The normalized spacial score (nSPS) is 13.7. The highest BCUT2D eigenvalue weighted by atomic mass is 32.2. The van der Waals surface area contributed by atoms with Crippen molar-refractivity contribution in [2.45, 2.75) is 30.5 Å². The van der Waals surface area contributed by atoms with Crippen LogP contribution in [0.4, 0.5) is 24.5 Å². The number of ether oxygens (including phenoxy) is 2. The van der Waals surface area contributed by atoms with Gasteiger partial charge in [0.25, 0.3) is 10.0 Å². The maximum atomic E-state index is 13.7. The lowest BCUT2D eigenvalue weighted by atomic mass is 10.2. The molecule has 1 aliphatic heterocycles. The summed E-state index contributed by atoms with van der Waals surface area (Å²) in [6.45, 7) is -0.210. The largest absolute Gasteiger partial charge is 0.493 e. The summed E-state index contributed by atoms with van der Waals surface area (Å²) in [5, 5.41) is 2.62. The van der Waals surface area contributed by atoms with Crippen LogP contribution in [0.25, 0.3) is 0 Å². The summed E-state index contributed by atoms with van der Waals surface area (Å²) in [6, 6.07) is 14.4. The molecule has 0 unspecified atom stereocenters. The topological polar surface area (TPSA) is 105 Å². The molecular weight excluding hydrogens is 563 g/mol. The maximum absolute atomic E-state index is 13.7. The van der Waals surface area contributed by atoms with E-state index in [2.05, 4.69) is 5.32 Å². The van der Waals surface area contributed by atoms with E-state index in [0.29, 0.717) is 34.6 Å². The monoisotopic (exact) mass is 591 g/mol. The number of hydrogen-bond donors (Lipinski definition) is 1. The maximum Gasteiger partial charge on any atom is 0.416 e. The number of carbonyl (C=O) groups excluding carboxylic acids is 2. The standard InChI is InChI=1S/C28H28F3N3O6S/c1-39-24-12-11-23(16-25(24)40-2)41(37,38)34(22-9-4-7-20(15-22)28(29,30)31)18-26(35)32-17-19-6-3-8-21(14-19)33-13-5-10-27(33)36/h3-4,6-9,11-12,14-16H,5,10,13,17-18H2,1-2H3,(H,32,35). The second kappa shape index (κ2) is 12.1. The fourth-order valence-corrected chi connectivity index (χ4v) is 5.83. The smallest absolute Gasteiger partial charge is 0.416 e. The average molecular weight is 592 g/mol. The third kappa shape index (κ3) is 6.73. The highest BCUT2D eigenvalue weighted by molar-refractivity contribution is 7.92. The Morgan fingerprint density at radius 3 is 2.39 bits per heavy atom. The Balaban J connectivity index is 1.62. The second-order valence-electron chi connectivity index (χ2n) is 9.17. The summed E-state index contributed by atoms with van der Waals surface area (Å²) in [7, 11) is -1.88. The predicted octanol–water partition coefficient (Wildman–Crippen LogP) is 4.36. The van der Waals surface area contributed by atoms with Gasteiger partial charge in [-0.2, -0.15) is 13.2 Å². The van der Waals surface area contributed by atoms with Crippen molar-refractivity contribution in [3.05, 3.63) is 77.9 Å². The van der Waals surface area contributed by atoms with Gasteiger partial charge >= 0.3 is 6.18 Å². The zero-order valence-corrected chi connectivity index (χ0v) is 23.1. The fraction of sp³-hybridized carbons (Fsp3) is 0.286. The summed E-state index contributed by atoms with van der Waals surface area (Å²) in [5.74, 6) is -0.427. The number of sulfonamides is 1. The van der Waals surface area contributed by atoms with Gasteiger partial charge < -0.3 is 19.7 Å². The van der Waals surface area contributed by atoms with Crippen molar-refractivity contribution in [3.8, 4) is 11.5 Å². The molecule has 3 aromatic rings. The molecular formula is C28H28F3N3O6S. The van der Waals surface area contributed by atoms with Crippen molar-refractivity contribution in [2.24, 2.45) is 0 Å². The number of nitrogens with one attached hydrogen (secondary N) is 1. The zero-order chi connectivity index (χ0) is 29.8. The van der Waals surface area contributed by atoms with Crippen molar-refractivity contribution in [1.29, 1.82) is 0 Å². The van der Waals surface area contributed by atoms with E-state index < -0.39 is 34.2 Å². The van der Waals surface area contributed by atoms with Gasteiger partial charge in [0.05, 0.1) is 30.4 Å². The van der Waals surface area contributed by atoms with E-state index in [1.54, 1.807) is 29.2 Å². The molecule has 1 aliphatic rings. The van der Waals surface area contributed by atoms with E-state index in [1.165, 1.54) is 32.4 Å². The minimum Gasteiger partial charge on any atom is -0.493 e. The first-order valence-corrected chi connectivity index (χ1v) is 14.0. The minimum atomic E-state index is -4.74. The van der Waals surface area contributed by atoms with Crippen LogP contribution in [0.2, 0.25) is 0 Å². The Morgan fingerprint density at radius 2 is 1.73 bits per heavy atom. The van der Waals surface area contributed by atoms with Crippen molar-refractivity contribution in [1.82, 2.24) is 5.32 Å². The SMILES string of the molecule is COc1ccc(S(=O)(=O)N(CC(=O)NCc2cccc(N3CCCC3=O)c2)c2cccc(C(F)(F)F)c2)cc1OC. The van der Waals surface area contributed by atoms with Crippen LogP contribution in [0, 0.1) is 0 Å². The van der Waals surface area contributed by atoms with Crippen molar-refractivity contribution in [3.63, 3.8) is 0 Å². The third-order valence-electron chi connectivity index (χ3n) is 6.48. The number of anilines is 2. The molecule has 4 rings (SSSR count). The summed E-state index contributed by atoms with van der Waals surface area (Å²) in [5.41, 5.74) is -0.0831. The van der Waals surface area contributed by atoms with Crippen LogP contribution in [0.3, 0.4) is 0 Å². The third-order valence-corrected chi connectivity index (χ3v) is 8.25. The zero-order valence-electron chi connectivity index (χ0n) is 22.3. The minimum absolute atomic E-state index is 0.00153. The first-order valence-electron chi connectivity index (χ1n) is 12.5. The molecule has 0 radical (unpaired) electrons. The Bertz CT molecular complexity index is 1550. The molecule has 1 fully saturated rings. The Hall–Kier alpha value is -4.26. The molecule has 41 heavy (non-hydrogen) atoms. The van der Waals surface area contributed by atoms with Crippen LogP contribution < -0.4 is 24.0 Å². The van der Waals surface area contributed by atoms with Gasteiger partial charge in [0, 0.05) is 31.3 Å². The lowest BCUT2D eigenvalue weighted by Gasteiger charge is -2.25. The van der Waals surface area contributed by atoms with Crippen LogP contribution in [-0.2, 0) is 32.3 Å². The predicted molar refractivity (Wildman–Crippen MR) is 145 cm³/mol. The summed E-state index contributed by atoms with van der Waals surface area (Å²) < 4.78 is 78.8. The number of halogens is 3. The number of methoxy groups -OCH3 is 2. The first kappa shape index (κ1) is 29.7. The van der Waals surface area contributed by atoms with Crippen molar-refractivity contribution < 1.29 is 40.7 Å². The van der Waals surface area contributed by atoms with E-state index in [9.17, 15) is 31.2 Å². The number of alkyl halides is 3. The van der Waals surface area contributed by atoms with Crippen molar-refractivity contribution >= 4 is 33.2 Å². The highest BCUT2D eigenvalue weighted by Crippen LogP contribution is 2.35. The Morgan fingerprint density at radius 1 is 1.00 bits per heavy atom. The van der Waals surface area contributed by atoms with Gasteiger partial charge in [-0.25, -0.2) is 8.42 Å². The van der Waals surface area contributed by atoms with Crippen molar-refractivity contribution in [2.75, 3.05) is 36.5 Å². The van der Waals surface area contributed by atoms with Crippen LogP contribution in [0.15, 0.2) is 71.6 Å². The average Bonchev–Trinajstić information content (AvgIpc) is 3.39. The van der Waals surface area contributed by atoms with Gasteiger partial charge in [0.2, 0.25) is 11.8 Å². The van der Waals surface area contributed by atoms with Gasteiger partial charge in [0.1, 0.15) is 6.54 Å². The molecule has 0 bridgehead atoms. The fourth-order valence-electron chi connectivity index (χ4n) is 4.40. The summed E-state index contributed by atoms with van der Waals surface area (Å²) in [6.07, 6.45) is -3.53. The van der Waals surface area contributed by atoms with Crippen LogP contribution in [-0.4, -0.2) is 47.5 Å². The molecule has 2 amide bonds. The molecule has 9 nitrogen and oxygen atoms in total. The van der Waals surface area contributed by atoms with E-state index in [-0.39, 0.29) is 34.5 Å². The highest BCUT2D eigenvalue weighted by Gasteiger charge is 2.33. The number of carbonyl (C=O) groups is 2. The summed E-state index contributed by atoms with van der Waals surface area (Å²) in [4.78, 5) is 26.5. The van der Waals surface area contributed by atoms with Gasteiger partial charge in [-0.15, -0.1) is 0 Å². The van der Waals surface area contributed by atoms with Crippen LogP contribution >= 0.6 is 0 Å². The van der Waals surface area contributed by atoms with Gasteiger partial charge in [-0.3, -0.25) is 13.9 Å². The number of nitrogens with zero attached hydrogens (tertiary/aromatic N) is 2. The molecule has 0 atom stereocenters. The number of rotatable bonds is 10. The number of benzene rings is 3. The lowest BCUT2D eigenvalue weighted by molar-refractivity contribution is -0.137. The lowest BCUT2D eigenvalue weighted by Crippen LogP contribution is -2.40. The van der Waals surface area contributed by atoms with Gasteiger partial charge in [0.15, 0.2) is 11.5 Å². The number of amides is 2. The van der Waals surface area contributed by atoms with E-state index in [4.69, 9.17) is 9.47 Å². The first-order chi connectivity index (χ1) is 19.4. The van der Waals surface area contributed by atoms with E-state index in [0.717, 1.165) is 24.6 Å². The Labute approximate surface area is 235 Å². The molecule has 0 spiro atoms. The molecule has 0 saturated carbocycles. The van der Waals surface area contributed by atoms with Gasteiger partial charge in [-0.05, 0) is 54.4 Å². The molecule has 13 heteroatoms.